The van der Waals surface area contributed by atoms with Crippen molar-refractivity contribution < 1.29 is 0 Å². The zero-order valence-electron chi connectivity index (χ0n) is 10.8. The quantitative estimate of drug-likeness (QED) is 0.839. The molecule has 2 nitrogen and oxygen atoms in total. The lowest BCUT2D eigenvalue weighted by molar-refractivity contribution is 0.643. The lowest BCUT2D eigenvalue weighted by atomic mass is 10.0. The number of benzene rings is 1. The number of para-hydroxylation sites is 1. The van der Waals surface area contributed by atoms with Gasteiger partial charge in [0.05, 0.1) is 0 Å². The van der Waals surface area contributed by atoms with Crippen LogP contribution in [0.2, 0.25) is 0 Å². The maximum absolute atomic E-state index is 6.07. The average Bonchev–Trinajstić information content (AvgIpc) is 2.69. The second-order valence-corrected chi connectivity index (χ2v) is 4.74. The van der Waals surface area contributed by atoms with Crippen LogP contribution in [-0.2, 0) is 13.0 Å². The fraction of sp³-hybridized carbons (Fsp3) is 0.467. The second-order valence-electron chi connectivity index (χ2n) is 4.74. The lowest BCUT2D eigenvalue weighted by Crippen LogP contribution is -2.21. The number of fused-ring (bicyclic) bond motifs is 1. The van der Waals surface area contributed by atoms with E-state index in [0.29, 0.717) is 0 Å². The first-order valence-corrected chi connectivity index (χ1v) is 6.58. The number of rotatable bonds is 5. The van der Waals surface area contributed by atoms with Gasteiger partial charge in [-0.25, -0.2) is 0 Å². The van der Waals surface area contributed by atoms with Gasteiger partial charge in [0.1, 0.15) is 0 Å². The van der Waals surface area contributed by atoms with Gasteiger partial charge in [-0.3, -0.25) is 0 Å². The van der Waals surface area contributed by atoms with Crippen LogP contribution in [0.5, 0.6) is 0 Å². The largest absolute Gasteiger partial charge is 0.347 e. The van der Waals surface area contributed by atoms with E-state index in [1.54, 1.807) is 0 Å². The maximum atomic E-state index is 6.07. The van der Waals surface area contributed by atoms with E-state index in [2.05, 4.69) is 48.9 Å². The molecule has 0 saturated carbocycles. The highest BCUT2D eigenvalue weighted by molar-refractivity contribution is 5.84. The molecule has 0 bridgehead atoms. The highest BCUT2D eigenvalue weighted by atomic mass is 15.0. The Labute approximate surface area is 103 Å². The summed E-state index contributed by atoms with van der Waals surface area (Å²) in [5.74, 6) is 0. The molecule has 2 rings (SSSR count). The van der Waals surface area contributed by atoms with Crippen molar-refractivity contribution in [1.82, 2.24) is 4.57 Å². The van der Waals surface area contributed by atoms with Gasteiger partial charge in [-0.05, 0) is 30.9 Å². The molecule has 0 aliphatic rings. The number of hydrogen-bond donors (Lipinski definition) is 1. The molecule has 0 saturated heterocycles. The van der Waals surface area contributed by atoms with E-state index in [0.717, 1.165) is 25.8 Å². The molecule has 0 spiro atoms. The zero-order valence-corrected chi connectivity index (χ0v) is 10.8. The minimum atomic E-state index is 0.274. The highest BCUT2D eigenvalue weighted by Gasteiger charge is 2.09. The fourth-order valence-corrected chi connectivity index (χ4v) is 2.34. The Hall–Kier alpha value is -1.28. The van der Waals surface area contributed by atoms with E-state index in [9.17, 15) is 0 Å². The maximum Gasteiger partial charge on any atom is 0.0483 e. The van der Waals surface area contributed by atoms with Gasteiger partial charge in [0.25, 0.3) is 0 Å². The van der Waals surface area contributed by atoms with E-state index in [4.69, 9.17) is 5.73 Å². The van der Waals surface area contributed by atoms with Gasteiger partial charge in [0.15, 0.2) is 0 Å². The van der Waals surface area contributed by atoms with E-state index in [1.165, 1.54) is 16.5 Å². The molecule has 92 valence electrons. The van der Waals surface area contributed by atoms with Crippen LogP contribution in [0.3, 0.4) is 0 Å². The fourth-order valence-electron chi connectivity index (χ4n) is 2.34. The van der Waals surface area contributed by atoms with Gasteiger partial charge in [-0.15, -0.1) is 0 Å². The number of nitrogens with two attached hydrogens (primary N) is 1. The van der Waals surface area contributed by atoms with Crippen LogP contribution in [-0.4, -0.2) is 10.6 Å². The smallest absolute Gasteiger partial charge is 0.0483 e. The van der Waals surface area contributed by atoms with Crippen molar-refractivity contribution in [1.29, 1.82) is 0 Å². The molecule has 1 aromatic heterocycles. The third-order valence-corrected chi connectivity index (χ3v) is 3.34. The van der Waals surface area contributed by atoms with Crippen LogP contribution in [0.15, 0.2) is 30.5 Å². The van der Waals surface area contributed by atoms with Gasteiger partial charge in [0, 0.05) is 29.7 Å². The van der Waals surface area contributed by atoms with Crippen molar-refractivity contribution in [3.63, 3.8) is 0 Å². The molecule has 0 aliphatic carbocycles. The van der Waals surface area contributed by atoms with Crippen molar-refractivity contribution in [3.05, 3.63) is 36.0 Å². The molecule has 2 heteroatoms. The topological polar surface area (TPSA) is 30.9 Å². The molecule has 2 aromatic rings. The summed E-state index contributed by atoms with van der Waals surface area (Å²) in [7, 11) is 0. The third kappa shape index (κ3) is 2.52. The predicted octanol–water partition coefficient (Wildman–Crippen LogP) is 3.33. The first-order valence-electron chi connectivity index (χ1n) is 6.58. The minimum Gasteiger partial charge on any atom is -0.347 e. The van der Waals surface area contributed by atoms with Crippen LogP contribution in [0.4, 0.5) is 0 Å². The van der Waals surface area contributed by atoms with E-state index in [1.807, 2.05) is 0 Å². The predicted molar refractivity (Wildman–Crippen MR) is 74.2 cm³/mol. The standard InChI is InChI=1S/C15H22N2/c1-3-9-17-11-12(10-13(16)4-2)14-7-5-6-8-15(14)17/h5-8,11,13H,3-4,9-10,16H2,1-2H3. The van der Waals surface area contributed by atoms with Gasteiger partial charge in [0.2, 0.25) is 0 Å². The summed E-state index contributed by atoms with van der Waals surface area (Å²) in [6, 6.07) is 8.90. The Morgan fingerprint density at radius 3 is 2.71 bits per heavy atom. The number of aryl methyl sites for hydroxylation is 1. The number of hydrogen-bond acceptors (Lipinski definition) is 1. The van der Waals surface area contributed by atoms with Gasteiger partial charge in [-0.1, -0.05) is 32.0 Å². The van der Waals surface area contributed by atoms with Crippen LogP contribution >= 0.6 is 0 Å². The molecule has 1 atom stereocenters. The molecular weight excluding hydrogens is 208 g/mol. The molecular formula is C15H22N2. The summed E-state index contributed by atoms with van der Waals surface area (Å²) in [4.78, 5) is 0. The zero-order chi connectivity index (χ0) is 12.3. The Balaban J connectivity index is 2.41. The van der Waals surface area contributed by atoms with Crippen molar-refractivity contribution in [3.8, 4) is 0 Å². The molecule has 1 heterocycles. The average molecular weight is 230 g/mol. The van der Waals surface area contributed by atoms with Crippen LogP contribution in [0, 0.1) is 0 Å². The van der Waals surface area contributed by atoms with Crippen molar-refractivity contribution in [2.45, 2.75) is 45.7 Å². The monoisotopic (exact) mass is 230 g/mol. The molecule has 0 amide bonds. The molecule has 0 radical (unpaired) electrons. The van der Waals surface area contributed by atoms with Gasteiger partial charge < -0.3 is 10.3 Å². The Kier molecular flexibility index (Phi) is 3.85. The van der Waals surface area contributed by atoms with Gasteiger partial charge >= 0.3 is 0 Å². The minimum absolute atomic E-state index is 0.274. The Bertz CT molecular complexity index is 485. The second kappa shape index (κ2) is 5.37. The first-order chi connectivity index (χ1) is 8.26. The molecule has 1 unspecified atom stereocenters. The van der Waals surface area contributed by atoms with E-state index < -0.39 is 0 Å². The van der Waals surface area contributed by atoms with Gasteiger partial charge in [-0.2, -0.15) is 0 Å². The molecule has 17 heavy (non-hydrogen) atoms. The molecule has 0 aliphatic heterocycles. The first kappa shape index (κ1) is 12.2. The highest BCUT2D eigenvalue weighted by Crippen LogP contribution is 2.23. The van der Waals surface area contributed by atoms with Crippen molar-refractivity contribution in [2.75, 3.05) is 0 Å². The lowest BCUT2D eigenvalue weighted by Gasteiger charge is -2.06. The van der Waals surface area contributed by atoms with Crippen molar-refractivity contribution in [2.24, 2.45) is 5.73 Å². The Morgan fingerprint density at radius 1 is 1.24 bits per heavy atom. The summed E-state index contributed by atoms with van der Waals surface area (Å²) in [6.07, 6.45) is 5.46. The summed E-state index contributed by atoms with van der Waals surface area (Å²) in [5.41, 5.74) is 8.80. The number of nitrogens with zero attached hydrogens (tertiary/aromatic N) is 1. The SMILES string of the molecule is CCCn1cc(CC(N)CC)c2ccccc21. The third-order valence-electron chi connectivity index (χ3n) is 3.34. The summed E-state index contributed by atoms with van der Waals surface area (Å²) < 4.78 is 2.35. The van der Waals surface area contributed by atoms with Crippen LogP contribution in [0.25, 0.3) is 10.9 Å². The van der Waals surface area contributed by atoms with E-state index in [-0.39, 0.29) is 6.04 Å². The normalized spacial score (nSPS) is 13.1. The number of aromatic nitrogens is 1. The summed E-state index contributed by atoms with van der Waals surface area (Å²) in [6.45, 7) is 5.45. The molecule has 1 aromatic carbocycles. The summed E-state index contributed by atoms with van der Waals surface area (Å²) in [5, 5.41) is 1.37. The Morgan fingerprint density at radius 2 is 2.00 bits per heavy atom. The molecule has 0 fully saturated rings. The van der Waals surface area contributed by atoms with Crippen LogP contribution < -0.4 is 5.73 Å². The van der Waals surface area contributed by atoms with Crippen molar-refractivity contribution >= 4 is 10.9 Å². The molecule has 2 N–H and O–H groups in total. The van der Waals surface area contributed by atoms with E-state index >= 15 is 0 Å². The van der Waals surface area contributed by atoms with Crippen LogP contribution in [0.1, 0.15) is 32.3 Å². The summed E-state index contributed by atoms with van der Waals surface area (Å²) >= 11 is 0.